The molecule has 2 N–H and O–H groups in total. The van der Waals surface area contributed by atoms with Crippen molar-refractivity contribution in [2.45, 2.75) is 25.2 Å². The fourth-order valence-corrected chi connectivity index (χ4v) is 3.53. The minimum atomic E-state index is -0.127. The molecule has 1 aromatic carbocycles. The predicted molar refractivity (Wildman–Crippen MR) is 67.7 cm³/mol. The van der Waals surface area contributed by atoms with Crippen molar-refractivity contribution in [3.05, 3.63) is 46.2 Å². The Kier molecular flexibility index (Phi) is 2.59. The maximum atomic E-state index is 13.8. The Morgan fingerprint density at radius 1 is 1.35 bits per heavy atom. The van der Waals surface area contributed by atoms with E-state index in [1.54, 1.807) is 6.07 Å². The lowest BCUT2D eigenvalue weighted by atomic mass is 9.86. The molecule has 1 unspecified atom stereocenters. The van der Waals surface area contributed by atoms with Crippen LogP contribution in [0.4, 0.5) is 9.52 Å². The van der Waals surface area contributed by atoms with Crippen LogP contribution >= 0.6 is 11.3 Å². The van der Waals surface area contributed by atoms with Gasteiger partial charge in [-0.2, -0.15) is 0 Å². The fraction of sp³-hybridized carbons (Fsp3) is 0.308. The van der Waals surface area contributed by atoms with Crippen molar-refractivity contribution in [2.75, 3.05) is 5.73 Å². The molecular weight excluding hydrogens is 235 g/mol. The number of thiazole rings is 1. The third-order valence-corrected chi connectivity index (χ3v) is 4.29. The maximum absolute atomic E-state index is 13.8. The summed E-state index contributed by atoms with van der Waals surface area (Å²) in [6.45, 7) is 0. The molecule has 88 valence electrons. The molecule has 17 heavy (non-hydrogen) atoms. The van der Waals surface area contributed by atoms with Crippen LogP contribution in [0.1, 0.15) is 34.9 Å². The smallest absolute Gasteiger partial charge is 0.180 e. The number of nitrogen functional groups attached to an aromatic ring is 1. The molecule has 1 atom stereocenters. The molecule has 4 heteroatoms. The van der Waals surface area contributed by atoms with Crippen molar-refractivity contribution in [1.29, 1.82) is 0 Å². The van der Waals surface area contributed by atoms with Crippen LogP contribution in [0.5, 0.6) is 0 Å². The predicted octanol–water partition coefficient (Wildman–Crippen LogP) is 3.33. The van der Waals surface area contributed by atoms with E-state index >= 15 is 0 Å². The van der Waals surface area contributed by atoms with Gasteiger partial charge < -0.3 is 5.73 Å². The summed E-state index contributed by atoms with van der Waals surface area (Å²) in [6.07, 6.45) is 3.00. The summed E-state index contributed by atoms with van der Waals surface area (Å²) < 4.78 is 13.8. The summed E-state index contributed by atoms with van der Waals surface area (Å²) in [5.41, 5.74) is 7.59. The van der Waals surface area contributed by atoms with Crippen LogP contribution in [0.15, 0.2) is 24.3 Å². The van der Waals surface area contributed by atoms with Crippen molar-refractivity contribution in [1.82, 2.24) is 4.98 Å². The molecule has 0 radical (unpaired) electrons. The van der Waals surface area contributed by atoms with Gasteiger partial charge in [0, 0.05) is 10.8 Å². The standard InChI is InChI=1S/C13H13FN2S/c14-10-6-2-1-4-8(10)9-5-3-7-11-12(9)17-13(15)16-11/h1-2,4,6,9H,3,5,7H2,(H2,15,16). The number of nitrogens with two attached hydrogens (primary N) is 1. The summed E-state index contributed by atoms with van der Waals surface area (Å²) in [5.74, 6) is 0.00655. The monoisotopic (exact) mass is 248 g/mol. The highest BCUT2D eigenvalue weighted by Gasteiger charge is 2.27. The van der Waals surface area contributed by atoms with E-state index < -0.39 is 0 Å². The summed E-state index contributed by atoms with van der Waals surface area (Å²) in [4.78, 5) is 5.48. The maximum Gasteiger partial charge on any atom is 0.180 e. The zero-order chi connectivity index (χ0) is 11.8. The highest BCUT2D eigenvalue weighted by molar-refractivity contribution is 7.15. The Balaban J connectivity index is 2.09. The van der Waals surface area contributed by atoms with E-state index in [9.17, 15) is 4.39 Å². The summed E-state index contributed by atoms with van der Waals surface area (Å²) in [7, 11) is 0. The van der Waals surface area contributed by atoms with Crippen LogP contribution in [-0.4, -0.2) is 4.98 Å². The molecule has 0 fully saturated rings. The molecule has 0 saturated heterocycles. The van der Waals surface area contributed by atoms with Crippen LogP contribution in [0.25, 0.3) is 0 Å². The van der Waals surface area contributed by atoms with Crippen molar-refractivity contribution in [3.63, 3.8) is 0 Å². The number of hydrogen-bond acceptors (Lipinski definition) is 3. The van der Waals surface area contributed by atoms with Crippen molar-refractivity contribution in [2.24, 2.45) is 0 Å². The van der Waals surface area contributed by atoms with Gasteiger partial charge in [-0.05, 0) is 30.9 Å². The van der Waals surface area contributed by atoms with Gasteiger partial charge in [0.1, 0.15) is 5.82 Å². The molecule has 1 aromatic heterocycles. The summed E-state index contributed by atoms with van der Waals surface area (Å²) in [6, 6.07) is 7.00. The number of rotatable bonds is 1. The zero-order valence-electron chi connectivity index (χ0n) is 9.32. The highest BCUT2D eigenvalue weighted by atomic mass is 32.1. The van der Waals surface area contributed by atoms with Crippen LogP contribution < -0.4 is 5.73 Å². The molecule has 1 heterocycles. The van der Waals surface area contributed by atoms with Gasteiger partial charge in [-0.3, -0.25) is 0 Å². The SMILES string of the molecule is Nc1nc2c(s1)C(c1ccccc1F)CCC2. The second kappa shape index (κ2) is 4.11. The number of nitrogens with zero attached hydrogens (tertiary/aromatic N) is 1. The number of benzene rings is 1. The van der Waals surface area contributed by atoms with E-state index in [0.717, 1.165) is 35.4 Å². The minimum absolute atomic E-state index is 0.127. The van der Waals surface area contributed by atoms with E-state index in [0.29, 0.717) is 5.13 Å². The molecule has 0 bridgehead atoms. The number of anilines is 1. The Morgan fingerprint density at radius 2 is 2.18 bits per heavy atom. The lowest BCUT2D eigenvalue weighted by Crippen LogP contribution is -2.10. The van der Waals surface area contributed by atoms with E-state index in [-0.39, 0.29) is 11.7 Å². The van der Waals surface area contributed by atoms with Crippen LogP contribution in [0.3, 0.4) is 0 Å². The van der Waals surface area contributed by atoms with Gasteiger partial charge in [0.25, 0.3) is 0 Å². The number of aromatic nitrogens is 1. The van der Waals surface area contributed by atoms with Gasteiger partial charge >= 0.3 is 0 Å². The lowest BCUT2D eigenvalue weighted by molar-refractivity contribution is 0.560. The average molecular weight is 248 g/mol. The van der Waals surface area contributed by atoms with E-state index in [2.05, 4.69) is 4.98 Å². The van der Waals surface area contributed by atoms with Crippen LogP contribution in [0.2, 0.25) is 0 Å². The second-order valence-electron chi connectivity index (χ2n) is 4.33. The molecule has 1 aliphatic carbocycles. The Labute approximate surface area is 103 Å². The van der Waals surface area contributed by atoms with Gasteiger partial charge in [0.15, 0.2) is 5.13 Å². The van der Waals surface area contributed by atoms with E-state index in [1.165, 1.54) is 17.4 Å². The van der Waals surface area contributed by atoms with Gasteiger partial charge in [-0.1, -0.05) is 18.2 Å². The van der Waals surface area contributed by atoms with Gasteiger partial charge in [-0.15, -0.1) is 11.3 Å². The van der Waals surface area contributed by atoms with Crippen molar-refractivity contribution < 1.29 is 4.39 Å². The average Bonchev–Trinajstić information content (AvgIpc) is 2.70. The first-order valence-electron chi connectivity index (χ1n) is 5.75. The number of aryl methyl sites for hydroxylation is 1. The zero-order valence-corrected chi connectivity index (χ0v) is 10.1. The largest absolute Gasteiger partial charge is 0.375 e. The van der Waals surface area contributed by atoms with Gasteiger partial charge in [0.2, 0.25) is 0 Å². The van der Waals surface area contributed by atoms with E-state index in [1.807, 2.05) is 12.1 Å². The Bertz CT molecular complexity index is 550. The third-order valence-electron chi connectivity index (χ3n) is 3.25. The third kappa shape index (κ3) is 1.82. The first-order chi connectivity index (χ1) is 8.25. The lowest BCUT2D eigenvalue weighted by Gasteiger charge is -2.21. The molecule has 0 spiro atoms. The molecule has 0 amide bonds. The van der Waals surface area contributed by atoms with E-state index in [4.69, 9.17) is 5.73 Å². The van der Waals surface area contributed by atoms with Crippen LogP contribution in [-0.2, 0) is 6.42 Å². The molecule has 3 rings (SSSR count). The van der Waals surface area contributed by atoms with Gasteiger partial charge in [-0.25, -0.2) is 9.37 Å². The second-order valence-corrected chi connectivity index (χ2v) is 5.39. The fourth-order valence-electron chi connectivity index (χ4n) is 2.49. The molecule has 0 aliphatic heterocycles. The summed E-state index contributed by atoms with van der Waals surface area (Å²) in [5, 5.41) is 0.596. The quantitative estimate of drug-likeness (QED) is 0.840. The van der Waals surface area contributed by atoms with Crippen molar-refractivity contribution >= 4 is 16.5 Å². The topological polar surface area (TPSA) is 38.9 Å². The number of hydrogen-bond donors (Lipinski definition) is 1. The Morgan fingerprint density at radius 3 is 3.00 bits per heavy atom. The van der Waals surface area contributed by atoms with Crippen molar-refractivity contribution in [3.8, 4) is 0 Å². The molecule has 1 aliphatic rings. The van der Waals surface area contributed by atoms with Crippen LogP contribution in [0, 0.1) is 5.82 Å². The molecule has 2 nitrogen and oxygen atoms in total. The minimum Gasteiger partial charge on any atom is -0.375 e. The molecular formula is C13H13FN2S. The first kappa shape index (κ1) is 10.7. The number of halogens is 1. The first-order valence-corrected chi connectivity index (χ1v) is 6.57. The number of fused-ring (bicyclic) bond motifs is 1. The Hall–Kier alpha value is -1.42. The highest BCUT2D eigenvalue weighted by Crippen LogP contribution is 2.41. The summed E-state index contributed by atoms with van der Waals surface area (Å²) >= 11 is 1.50. The van der Waals surface area contributed by atoms with Gasteiger partial charge in [0.05, 0.1) is 5.69 Å². The molecule has 0 saturated carbocycles. The normalized spacial score (nSPS) is 19.0. The molecule has 2 aromatic rings.